The van der Waals surface area contributed by atoms with Crippen LogP contribution in [0, 0.1) is 6.92 Å². The van der Waals surface area contributed by atoms with Gasteiger partial charge in [-0.05, 0) is 25.1 Å². The number of halogens is 1. The van der Waals surface area contributed by atoms with Crippen LogP contribution in [-0.4, -0.2) is 10.9 Å². The number of benzene rings is 1. The lowest BCUT2D eigenvalue weighted by molar-refractivity contribution is 0.0951. The molecule has 3 N–H and O–H groups in total. The van der Waals surface area contributed by atoms with Crippen LogP contribution in [-0.2, 0) is 6.54 Å². The fraction of sp³-hybridized carbons (Fsp3) is 0.167. The number of hydrogen-bond acceptors (Lipinski definition) is 4. The zero-order chi connectivity index (χ0) is 13.1. The Hall–Kier alpha value is -1.59. The van der Waals surface area contributed by atoms with Crippen molar-refractivity contribution in [3.8, 4) is 0 Å². The summed E-state index contributed by atoms with van der Waals surface area (Å²) in [5.41, 5.74) is 6.55. The molecule has 0 saturated heterocycles. The highest BCUT2D eigenvalue weighted by atomic mass is 35.5. The van der Waals surface area contributed by atoms with E-state index in [4.69, 9.17) is 17.3 Å². The van der Waals surface area contributed by atoms with Gasteiger partial charge in [-0.2, -0.15) is 0 Å². The maximum atomic E-state index is 11.9. The van der Waals surface area contributed by atoms with E-state index in [9.17, 15) is 4.79 Å². The number of carbonyl (C=O) groups is 1. The monoisotopic (exact) mass is 281 g/mol. The molecule has 6 heteroatoms. The zero-order valence-electron chi connectivity index (χ0n) is 9.74. The van der Waals surface area contributed by atoms with Gasteiger partial charge in [-0.3, -0.25) is 4.79 Å². The summed E-state index contributed by atoms with van der Waals surface area (Å²) in [6.45, 7) is 2.39. The number of nitrogens with one attached hydrogen (secondary N) is 1. The number of nitrogens with zero attached hydrogens (tertiary/aromatic N) is 1. The molecule has 94 valence electrons. The van der Waals surface area contributed by atoms with Gasteiger partial charge < -0.3 is 11.1 Å². The topological polar surface area (TPSA) is 68.0 Å². The minimum absolute atomic E-state index is 0.178. The third kappa shape index (κ3) is 3.00. The van der Waals surface area contributed by atoms with Gasteiger partial charge >= 0.3 is 0 Å². The summed E-state index contributed by atoms with van der Waals surface area (Å²) in [6, 6.07) is 4.83. The Labute approximate surface area is 114 Å². The fourth-order valence-electron chi connectivity index (χ4n) is 1.42. The van der Waals surface area contributed by atoms with Crippen molar-refractivity contribution < 1.29 is 4.79 Å². The Kier molecular flexibility index (Phi) is 3.84. The lowest BCUT2D eigenvalue weighted by Gasteiger charge is -2.05. The number of amides is 1. The van der Waals surface area contributed by atoms with Crippen molar-refractivity contribution in [2.24, 2.45) is 0 Å². The number of aromatic nitrogens is 1. The Balaban J connectivity index is 2.01. The van der Waals surface area contributed by atoms with Gasteiger partial charge in [0.15, 0.2) is 0 Å². The third-order valence-electron chi connectivity index (χ3n) is 2.35. The second-order valence-corrected chi connectivity index (χ2v) is 5.49. The van der Waals surface area contributed by atoms with Crippen molar-refractivity contribution in [1.82, 2.24) is 10.3 Å². The van der Waals surface area contributed by atoms with Gasteiger partial charge in [-0.1, -0.05) is 11.6 Å². The van der Waals surface area contributed by atoms with Gasteiger partial charge in [0.1, 0.15) is 0 Å². The van der Waals surface area contributed by atoms with Crippen LogP contribution in [0.1, 0.15) is 20.2 Å². The van der Waals surface area contributed by atoms with Gasteiger partial charge in [-0.15, -0.1) is 11.3 Å². The van der Waals surface area contributed by atoms with E-state index >= 15 is 0 Å². The molecule has 0 radical (unpaired) electrons. The number of rotatable bonds is 3. The van der Waals surface area contributed by atoms with Crippen molar-refractivity contribution in [3.05, 3.63) is 44.9 Å². The van der Waals surface area contributed by atoms with Crippen LogP contribution in [0.4, 0.5) is 5.69 Å². The summed E-state index contributed by atoms with van der Waals surface area (Å²) >= 11 is 7.42. The normalized spacial score (nSPS) is 10.3. The molecule has 0 unspecified atom stereocenters. The van der Waals surface area contributed by atoms with Gasteiger partial charge in [0, 0.05) is 16.6 Å². The standard InChI is InChI=1S/C12H12ClN3OS/c1-7-15-5-9(18-7)6-16-12(17)8-2-3-11(14)10(13)4-8/h2-5H,6,14H2,1H3,(H,16,17). The quantitative estimate of drug-likeness (QED) is 0.850. The van der Waals surface area contributed by atoms with Gasteiger partial charge in [0.05, 0.1) is 22.3 Å². The molecular formula is C12H12ClN3OS. The van der Waals surface area contributed by atoms with Crippen LogP contribution in [0.3, 0.4) is 0 Å². The van der Waals surface area contributed by atoms with E-state index in [1.54, 1.807) is 35.7 Å². The summed E-state index contributed by atoms with van der Waals surface area (Å²) in [6.07, 6.45) is 1.76. The van der Waals surface area contributed by atoms with Crippen LogP contribution in [0.25, 0.3) is 0 Å². The average molecular weight is 282 g/mol. The first-order valence-corrected chi connectivity index (χ1v) is 6.50. The van der Waals surface area contributed by atoms with Crippen LogP contribution < -0.4 is 11.1 Å². The number of thiazole rings is 1. The molecule has 0 spiro atoms. The van der Waals surface area contributed by atoms with Crippen molar-refractivity contribution in [3.63, 3.8) is 0 Å². The molecule has 0 bridgehead atoms. The number of anilines is 1. The van der Waals surface area contributed by atoms with Crippen LogP contribution >= 0.6 is 22.9 Å². The number of nitrogen functional groups attached to an aromatic ring is 1. The van der Waals surface area contributed by atoms with Crippen molar-refractivity contribution >= 4 is 34.5 Å². The molecular weight excluding hydrogens is 270 g/mol. The van der Waals surface area contributed by atoms with E-state index in [1.807, 2.05) is 6.92 Å². The summed E-state index contributed by atoms with van der Waals surface area (Å²) < 4.78 is 0. The first-order valence-electron chi connectivity index (χ1n) is 5.31. The molecule has 0 aliphatic carbocycles. The number of aryl methyl sites for hydroxylation is 1. The van der Waals surface area contributed by atoms with E-state index in [0.29, 0.717) is 22.8 Å². The first kappa shape index (κ1) is 12.9. The Bertz CT molecular complexity index is 582. The lowest BCUT2D eigenvalue weighted by atomic mass is 10.2. The smallest absolute Gasteiger partial charge is 0.251 e. The van der Waals surface area contributed by atoms with E-state index in [0.717, 1.165) is 9.88 Å². The van der Waals surface area contributed by atoms with E-state index in [1.165, 1.54) is 0 Å². The van der Waals surface area contributed by atoms with Gasteiger partial charge in [0.2, 0.25) is 0 Å². The molecule has 1 aromatic heterocycles. The van der Waals surface area contributed by atoms with Gasteiger partial charge in [0.25, 0.3) is 5.91 Å². The van der Waals surface area contributed by atoms with Crippen LogP contribution in [0.2, 0.25) is 5.02 Å². The zero-order valence-corrected chi connectivity index (χ0v) is 11.3. The van der Waals surface area contributed by atoms with E-state index in [-0.39, 0.29) is 5.91 Å². The maximum Gasteiger partial charge on any atom is 0.251 e. The Morgan fingerprint density at radius 1 is 1.56 bits per heavy atom. The Morgan fingerprint density at radius 2 is 2.33 bits per heavy atom. The Morgan fingerprint density at radius 3 is 2.94 bits per heavy atom. The SMILES string of the molecule is Cc1ncc(CNC(=O)c2ccc(N)c(Cl)c2)s1. The minimum Gasteiger partial charge on any atom is -0.398 e. The largest absolute Gasteiger partial charge is 0.398 e. The van der Waals surface area contributed by atoms with Crippen LogP contribution in [0.15, 0.2) is 24.4 Å². The summed E-state index contributed by atoms with van der Waals surface area (Å²) in [5.74, 6) is -0.178. The second-order valence-electron chi connectivity index (χ2n) is 3.76. The molecule has 0 atom stereocenters. The highest BCUT2D eigenvalue weighted by molar-refractivity contribution is 7.11. The molecule has 18 heavy (non-hydrogen) atoms. The number of hydrogen-bond donors (Lipinski definition) is 2. The van der Waals surface area contributed by atoms with E-state index in [2.05, 4.69) is 10.3 Å². The molecule has 1 heterocycles. The molecule has 4 nitrogen and oxygen atoms in total. The molecule has 1 amide bonds. The second kappa shape index (κ2) is 5.37. The maximum absolute atomic E-state index is 11.9. The van der Waals surface area contributed by atoms with E-state index < -0.39 is 0 Å². The average Bonchev–Trinajstić information content (AvgIpc) is 2.75. The third-order valence-corrected chi connectivity index (χ3v) is 3.60. The molecule has 1 aromatic carbocycles. The highest BCUT2D eigenvalue weighted by Crippen LogP contribution is 2.19. The van der Waals surface area contributed by atoms with Crippen molar-refractivity contribution in [2.45, 2.75) is 13.5 Å². The van der Waals surface area contributed by atoms with Crippen molar-refractivity contribution in [1.29, 1.82) is 0 Å². The molecule has 0 aliphatic heterocycles. The summed E-state index contributed by atoms with van der Waals surface area (Å²) in [7, 11) is 0. The number of nitrogens with two attached hydrogens (primary N) is 1. The van der Waals surface area contributed by atoms with Crippen LogP contribution in [0.5, 0.6) is 0 Å². The minimum atomic E-state index is -0.178. The van der Waals surface area contributed by atoms with Crippen molar-refractivity contribution in [2.75, 3.05) is 5.73 Å². The summed E-state index contributed by atoms with van der Waals surface area (Å²) in [5, 5.41) is 4.17. The predicted octanol–water partition coefficient (Wildman–Crippen LogP) is 2.62. The molecule has 2 aromatic rings. The summed E-state index contributed by atoms with van der Waals surface area (Å²) in [4.78, 5) is 17.0. The predicted molar refractivity (Wildman–Crippen MR) is 73.9 cm³/mol. The number of carbonyl (C=O) groups excluding carboxylic acids is 1. The highest BCUT2D eigenvalue weighted by Gasteiger charge is 2.08. The molecule has 0 aliphatic rings. The molecule has 0 fully saturated rings. The fourth-order valence-corrected chi connectivity index (χ4v) is 2.34. The lowest BCUT2D eigenvalue weighted by Crippen LogP contribution is -2.22. The molecule has 2 rings (SSSR count). The van der Waals surface area contributed by atoms with Gasteiger partial charge in [-0.25, -0.2) is 4.98 Å². The molecule has 0 saturated carbocycles. The first-order chi connectivity index (χ1) is 8.56.